The molecule has 0 aromatic carbocycles. The number of amides is 1. The Balaban J connectivity index is 1.68. The summed E-state index contributed by atoms with van der Waals surface area (Å²) in [6, 6.07) is 3.64. The number of H-pyrrole nitrogens is 2. The molecule has 4 heterocycles. The van der Waals surface area contributed by atoms with Gasteiger partial charge in [0.15, 0.2) is 0 Å². The Bertz CT molecular complexity index is 805. The van der Waals surface area contributed by atoms with E-state index in [-0.39, 0.29) is 5.91 Å². The van der Waals surface area contributed by atoms with Crippen molar-refractivity contribution in [3.05, 3.63) is 35.9 Å². The maximum absolute atomic E-state index is 12.7. The number of tetrazole rings is 1. The van der Waals surface area contributed by atoms with E-state index in [2.05, 4.69) is 35.9 Å². The molecule has 3 N–H and O–H groups in total. The summed E-state index contributed by atoms with van der Waals surface area (Å²) in [6.45, 7) is 0.850. The van der Waals surface area contributed by atoms with E-state index in [1.807, 2.05) is 6.07 Å². The molecule has 0 aliphatic carbocycles. The minimum Gasteiger partial charge on any atom is -0.378 e. The van der Waals surface area contributed by atoms with E-state index in [0.29, 0.717) is 36.7 Å². The van der Waals surface area contributed by atoms with Crippen molar-refractivity contribution in [3.8, 4) is 0 Å². The van der Waals surface area contributed by atoms with E-state index < -0.39 is 5.54 Å². The fourth-order valence-corrected chi connectivity index (χ4v) is 2.69. The summed E-state index contributed by atoms with van der Waals surface area (Å²) < 4.78 is 5.43. The Labute approximate surface area is 124 Å². The van der Waals surface area contributed by atoms with Crippen molar-refractivity contribution in [2.45, 2.75) is 12.0 Å². The zero-order valence-corrected chi connectivity index (χ0v) is 11.5. The summed E-state index contributed by atoms with van der Waals surface area (Å²) in [5.74, 6) is 0.200. The summed E-state index contributed by atoms with van der Waals surface area (Å²) in [6.07, 6.45) is 3.91. The summed E-state index contributed by atoms with van der Waals surface area (Å²) in [7, 11) is 0. The Hall–Kier alpha value is -2.81. The second-order valence-electron chi connectivity index (χ2n) is 5.18. The number of hydrogen-bond acceptors (Lipinski definition) is 6. The predicted molar refractivity (Wildman–Crippen MR) is 74.9 cm³/mol. The van der Waals surface area contributed by atoms with Crippen molar-refractivity contribution in [1.82, 2.24) is 35.9 Å². The number of carbonyl (C=O) groups is 1. The van der Waals surface area contributed by atoms with Gasteiger partial charge in [-0.25, -0.2) is 4.98 Å². The highest BCUT2D eigenvalue weighted by molar-refractivity contribution is 6.06. The fourth-order valence-electron chi connectivity index (χ4n) is 2.69. The minimum atomic E-state index is -0.754. The van der Waals surface area contributed by atoms with Gasteiger partial charge < -0.3 is 15.0 Å². The van der Waals surface area contributed by atoms with E-state index >= 15 is 0 Å². The lowest BCUT2D eigenvalue weighted by Gasteiger charge is -2.24. The van der Waals surface area contributed by atoms with Gasteiger partial charge in [-0.15, -0.1) is 10.2 Å². The number of aromatic amines is 2. The molecular weight excluding hydrogens is 286 g/mol. The SMILES string of the molecule is O=C(NC1(c2nn[nH]n2)CCOC1)c1c[nH]c2ncccc12. The summed E-state index contributed by atoms with van der Waals surface area (Å²) in [4.78, 5) is 19.8. The van der Waals surface area contributed by atoms with Crippen molar-refractivity contribution in [2.75, 3.05) is 13.2 Å². The molecule has 9 heteroatoms. The molecule has 0 saturated carbocycles. The molecule has 1 atom stereocenters. The molecule has 1 amide bonds. The average Bonchev–Trinajstić information content (AvgIpc) is 3.27. The van der Waals surface area contributed by atoms with Crippen molar-refractivity contribution in [3.63, 3.8) is 0 Å². The number of nitrogens with zero attached hydrogens (tertiary/aromatic N) is 4. The summed E-state index contributed by atoms with van der Waals surface area (Å²) >= 11 is 0. The molecule has 0 bridgehead atoms. The molecule has 0 spiro atoms. The van der Waals surface area contributed by atoms with Crippen LogP contribution in [0.4, 0.5) is 0 Å². The fraction of sp³-hybridized carbons (Fsp3) is 0.308. The quantitative estimate of drug-likeness (QED) is 0.631. The first kappa shape index (κ1) is 12.9. The van der Waals surface area contributed by atoms with Gasteiger partial charge in [0.2, 0.25) is 5.82 Å². The number of aromatic nitrogens is 6. The van der Waals surface area contributed by atoms with Crippen LogP contribution in [0, 0.1) is 0 Å². The molecule has 3 aromatic rings. The zero-order valence-electron chi connectivity index (χ0n) is 11.5. The van der Waals surface area contributed by atoms with Crippen LogP contribution in [0.3, 0.4) is 0 Å². The van der Waals surface area contributed by atoms with Crippen molar-refractivity contribution in [1.29, 1.82) is 0 Å². The van der Waals surface area contributed by atoms with Gasteiger partial charge in [0.25, 0.3) is 5.91 Å². The molecule has 9 nitrogen and oxygen atoms in total. The predicted octanol–water partition coefficient (Wildman–Crippen LogP) is 0.122. The molecule has 1 aliphatic heterocycles. The van der Waals surface area contributed by atoms with E-state index in [1.54, 1.807) is 18.5 Å². The molecular formula is C13H13N7O2. The van der Waals surface area contributed by atoms with Gasteiger partial charge in [-0.2, -0.15) is 5.21 Å². The second-order valence-corrected chi connectivity index (χ2v) is 5.18. The third-order valence-electron chi connectivity index (χ3n) is 3.84. The Morgan fingerprint density at radius 3 is 3.18 bits per heavy atom. The van der Waals surface area contributed by atoms with Crippen molar-refractivity contribution in [2.24, 2.45) is 0 Å². The lowest BCUT2D eigenvalue weighted by Crippen LogP contribution is -2.47. The highest BCUT2D eigenvalue weighted by Gasteiger charge is 2.42. The molecule has 1 fully saturated rings. The number of pyridine rings is 1. The van der Waals surface area contributed by atoms with Crippen LogP contribution in [0.5, 0.6) is 0 Å². The van der Waals surface area contributed by atoms with Crippen LogP contribution in [0.1, 0.15) is 22.6 Å². The van der Waals surface area contributed by atoms with Gasteiger partial charge in [-0.3, -0.25) is 4.79 Å². The molecule has 0 radical (unpaired) electrons. The van der Waals surface area contributed by atoms with E-state index in [9.17, 15) is 4.79 Å². The monoisotopic (exact) mass is 299 g/mol. The van der Waals surface area contributed by atoms with Gasteiger partial charge in [0, 0.05) is 30.8 Å². The number of hydrogen-bond donors (Lipinski definition) is 3. The van der Waals surface area contributed by atoms with Gasteiger partial charge >= 0.3 is 0 Å². The van der Waals surface area contributed by atoms with Crippen LogP contribution in [-0.2, 0) is 10.3 Å². The Kier molecular flexibility index (Phi) is 2.86. The van der Waals surface area contributed by atoms with Crippen LogP contribution in [0.15, 0.2) is 24.5 Å². The first-order valence-corrected chi connectivity index (χ1v) is 6.85. The molecule has 112 valence electrons. The lowest BCUT2D eigenvalue weighted by molar-refractivity contribution is 0.0870. The normalized spacial score (nSPS) is 21.3. The van der Waals surface area contributed by atoms with E-state index in [1.165, 1.54) is 0 Å². The Morgan fingerprint density at radius 2 is 2.41 bits per heavy atom. The maximum atomic E-state index is 12.7. The van der Waals surface area contributed by atoms with Crippen molar-refractivity contribution < 1.29 is 9.53 Å². The third-order valence-corrected chi connectivity index (χ3v) is 3.84. The summed E-state index contributed by atoms with van der Waals surface area (Å²) in [5.41, 5.74) is 0.442. The zero-order chi connectivity index (χ0) is 15.0. The highest BCUT2D eigenvalue weighted by Crippen LogP contribution is 2.28. The van der Waals surface area contributed by atoms with Crippen LogP contribution in [-0.4, -0.2) is 49.7 Å². The smallest absolute Gasteiger partial charge is 0.254 e. The number of fused-ring (bicyclic) bond motifs is 1. The number of carbonyl (C=O) groups excluding carboxylic acids is 1. The first-order valence-electron chi connectivity index (χ1n) is 6.85. The largest absolute Gasteiger partial charge is 0.378 e. The van der Waals surface area contributed by atoms with E-state index in [4.69, 9.17) is 4.74 Å². The first-order chi connectivity index (χ1) is 10.8. The van der Waals surface area contributed by atoms with Crippen LogP contribution < -0.4 is 5.32 Å². The third kappa shape index (κ3) is 1.94. The van der Waals surface area contributed by atoms with Crippen LogP contribution >= 0.6 is 0 Å². The standard InChI is InChI=1S/C13H13N7O2/c21-11(9-6-15-10-8(9)2-1-4-14-10)16-13(3-5-22-7-13)12-17-19-20-18-12/h1-2,4,6H,3,5,7H2,(H,14,15)(H,16,21)(H,17,18,19,20). The van der Waals surface area contributed by atoms with Crippen LogP contribution in [0.25, 0.3) is 11.0 Å². The molecule has 3 aromatic heterocycles. The number of ether oxygens (including phenoxy) is 1. The minimum absolute atomic E-state index is 0.227. The van der Waals surface area contributed by atoms with Gasteiger partial charge in [0.05, 0.1) is 12.2 Å². The molecule has 1 aliphatic rings. The second kappa shape index (κ2) is 4.88. The molecule has 1 unspecified atom stereocenters. The highest BCUT2D eigenvalue weighted by atomic mass is 16.5. The topological polar surface area (TPSA) is 121 Å². The number of rotatable bonds is 3. The lowest BCUT2D eigenvalue weighted by atomic mass is 9.97. The molecule has 1 saturated heterocycles. The van der Waals surface area contributed by atoms with Crippen LogP contribution in [0.2, 0.25) is 0 Å². The molecule has 22 heavy (non-hydrogen) atoms. The van der Waals surface area contributed by atoms with Gasteiger partial charge in [-0.1, -0.05) is 5.21 Å². The number of nitrogens with one attached hydrogen (secondary N) is 3. The van der Waals surface area contributed by atoms with Crippen molar-refractivity contribution >= 4 is 16.9 Å². The van der Waals surface area contributed by atoms with E-state index in [0.717, 1.165) is 5.39 Å². The van der Waals surface area contributed by atoms with Gasteiger partial charge in [0.1, 0.15) is 11.2 Å². The van der Waals surface area contributed by atoms with Gasteiger partial charge in [-0.05, 0) is 12.1 Å². The maximum Gasteiger partial charge on any atom is 0.254 e. The average molecular weight is 299 g/mol. The summed E-state index contributed by atoms with van der Waals surface area (Å²) in [5, 5.41) is 17.8. The Morgan fingerprint density at radius 1 is 1.45 bits per heavy atom. The molecule has 4 rings (SSSR count).